The van der Waals surface area contributed by atoms with Gasteiger partial charge in [0, 0.05) is 12.8 Å². The van der Waals surface area contributed by atoms with Crippen molar-refractivity contribution in [1.29, 1.82) is 0 Å². The van der Waals surface area contributed by atoms with Crippen molar-refractivity contribution in [3.05, 3.63) is 35.6 Å². The fourth-order valence-electron chi connectivity index (χ4n) is 0.886. The van der Waals surface area contributed by atoms with Crippen LogP contribution in [0.2, 0.25) is 0 Å². The number of nitrogens with zero attached hydrogens (tertiary/aromatic N) is 1. The van der Waals surface area contributed by atoms with Crippen molar-refractivity contribution in [2.75, 3.05) is 6.54 Å². The summed E-state index contributed by atoms with van der Waals surface area (Å²) < 4.78 is 12.6. The molecule has 0 heterocycles. The van der Waals surface area contributed by atoms with Gasteiger partial charge in [-0.2, -0.15) is 0 Å². The van der Waals surface area contributed by atoms with Crippen LogP contribution in [0.3, 0.4) is 0 Å². The van der Waals surface area contributed by atoms with Crippen LogP contribution in [-0.2, 0) is 0 Å². The molecular weight excluding hydrogens is 153 g/mol. The van der Waals surface area contributed by atoms with E-state index in [4.69, 9.17) is 0 Å². The Morgan fingerprint density at radius 3 is 3.00 bits per heavy atom. The zero-order valence-corrected chi connectivity index (χ0v) is 7.13. The number of aliphatic imine (C=N–C) groups is 1. The summed E-state index contributed by atoms with van der Waals surface area (Å²) in [6.07, 6.45) is 2.72. The largest absolute Gasteiger partial charge is 0.293 e. The van der Waals surface area contributed by atoms with Crippen LogP contribution < -0.4 is 0 Å². The maximum atomic E-state index is 12.6. The van der Waals surface area contributed by atoms with Crippen molar-refractivity contribution in [1.82, 2.24) is 0 Å². The van der Waals surface area contributed by atoms with Gasteiger partial charge >= 0.3 is 0 Å². The van der Waals surface area contributed by atoms with E-state index in [9.17, 15) is 4.39 Å². The van der Waals surface area contributed by atoms with Gasteiger partial charge in [-0.3, -0.25) is 4.99 Å². The second-order valence-corrected chi connectivity index (χ2v) is 2.59. The Kier molecular flexibility index (Phi) is 3.45. The van der Waals surface area contributed by atoms with Crippen LogP contribution in [0.1, 0.15) is 18.9 Å². The first-order valence-corrected chi connectivity index (χ1v) is 4.08. The third kappa shape index (κ3) is 2.82. The molecule has 1 nitrogen and oxygen atoms in total. The minimum absolute atomic E-state index is 0.213. The maximum absolute atomic E-state index is 12.6. The molecule has 1 rings (SSSR count). The van der Waals surface area contributed by atoms with E-state index >= 15 is 0 Å². The molecule has 0 aliphatic rings. The Morgan fingerprint density at radius 2 is 2.33 bits per heavy atom. The van der Waals surface area contributed by atoms with Gasteiger partial charge in [0.1, 0.15) is 5.82 Å². The SMILES string of the molecule is CCCN=Cc1cccc(F)c1. The van der Waals surface area contributed by atoms with Crippen molar-refractivity contribution in [2.24, 2.45) is 4.99 Å². The molecule has 0 saturated heterocycles. The molecular formula is C10H12FN. The third-order valence-electron chi connectivity index (χ3n) is 1.44. The highest BCUT2D eigenvalue weighted by atomic mass is 19.1. The Balaban J connectivity index is 2.63. The molecule has 0 aliphatic heterocycles. The molecule has 0 bridgehead atoms. The summed E-state index contributed by atoms with van der Waals surface area (Å²) in [5.41, 5.74) is 0.823. The topological polar surface area (TPSA) is 12.4 Å². The molecule has 0 unspecified atom stereocenters. The van der Waals surface area contributed by atoms with Crippen molar-refractivity contribution >= 4 is 6.21 Å². The van der Waals surface area contributed by atoms with Crippen LogP contribution in [0, 0.1) is 5.82 Å². The Bertz CT molecular complexity index is 268. The zero-order chi connectivity index (χ0) is 8.81. The second kappa shape index (κ2) is 4.65. The van der Waals surface area contributed by atoms with Crippen LogP contribution in [0.5, 0.6) is 0 Å². The Hall–Kier alpha value is -1.18. The van der Waals surface area contributed by atoms with Gasteiger partial charge < -0.3 is 0 Å². The zero-order valence-electron chi connectivity index (χ0n) is 7.13. The lowest BCUT2D eigenvalue weighted by molar-refractivity contribution is 0.627. The van der Waals surface area contributed by atoms with E-state index < -0.39 is 0 Å². The van der Waals surface area contributed by atoms with Gasteiger partial charge in [-0.1, -0.05) is 19.1 Å². The standard InChI is InChI=1S/C10H12FN/c1-2-6-12-8-9-4-3-5-10(11)7-9/h3-5,7-8H,2,6H2,1H3. The molecule has 0 N–H and O–H groups in total. The smallest absolute Gasteiger partial charge is 0.123 e. The molecule has 2 heteroatoms. The molecule has 12 heavy (non-hydrogen) atoms. The highest BCUT2D eigenvalue weighted by molar-refractivity contribution is 5.79. The highest BCUT2D eigenvalue weighted by Crippen LogP contribution is 2.00. The first kappa shape index (κ1) is 8.91. The lowest BCUT2D eigenvalue weighted by atomic mass is 10.2. The van der Waals surface area contributed by atoms with Crippen LogP contribution in [0.15, 0.2) is 29.3 Å². The monoisotopic (exact) mass is 165 g/mol. The molecule has 0 amide bonds. The first-order chi connectivity index (χ1) is 5.83. The van der Waals surface area contributed by atoms with E-state index in [2.05, 4.69) is 11.9 Å². The van der Waals surface area contributed by atoms with Crippen molar-refractivity contribution in [2.45, 2.75) is 13.3 Å². The number of hydrogen-bond donors (Lipinski definition) is 0. The van der Waals surface area contributed by atoms with Gasteiger partial charge in [0.25, 0.3) is 0 Å². The molecule has 0 saturated carbocycles. The van der Waals surface area contributed by atoms with Gasteiger partial charge in [0.05, 0.1) is 0 Å². The molecule has 1 aromatic rings. The summed E-state index contributed by atoms with van der Waals surface area (Å²) in [6.45, 7) is 2.86. The van der Waals surface area contributed by atoms with Gasteiger partial charge in [0.15, 0.2) is 0 Å². The normalized spacial score (nSPS) is 10.8. The highest BCUT2D eigenvalue weighted by Gasteiger charge is 1.89. The quantitative estimate of drug-likeness (QED) is 0.610. The predicted molar refractivity (Wildman–Crippen MR) is 49.2 cm³/mol. The maximum Gasteiger partial charge on any atom is 0.123 e. The van der Waals surface area contributed by atoms with Crippen molar-refractivity contribution in [3.8, 4) is 0 Å². The molecule has 0 spiro atoms. The summed E-state index contributed by atoms with van der Waals surface area (Å²) in [5, 5.41) is 0. The fraction of sp³-hybridized carbons (Fsp3) is 0.300. The van der Waals surface area contributed by atoms with Crippen LogP contribution in [0.25, 0.3) is 0 Å². The fourth-order valence-corrected chi connectivity index (χ4v) is 0.886. The summed E-state index contributed by atoms with van der Waals surface area (Å²) >= 11 is 0. The van der Waals surface area contributed by atoms with Gasteiger partial charge in [-0.05, 0) is 24.1 Å². The van der Waals surface area contributed by atoms with Crippen molar-refractivity contribution < 1.29 is 4.39 Å². The van der Waals surface area contributed by atoms with Gasteiger partial charge in [-0.25, -0.2) is 4.39 Å². The average molecular weight is 165 g/mol. The minimum atomic E-state index is -0.213. The molecule has 0 radical (unpaired) electrons. The van der Waals surface area contributed by atoms with E-state index in [0.717, 1.165) is 18.5 Å². The third-order valence-corrected chi connectivity index (χ3v) is 1.44. The molecule has 0 aromatic heterocycles. The molecule has 0 atom stereocenters. The Labute approximate surface area is 72.0 Å². The van der Waals surface area contributed by atoms with E-state index in [0.29, 0.717) is 0 Å². The minimum Gasteiger partial charge on any atom is -0.293 e. The first-order valence-electron chi connectivity index (χ1n) is 4.08. The lowest BCUT2D eigenvalue weighted by Gasteiger charge is -1.91. The molecule has 1 aromatic carbocycles. The number of benzene rings is 1. The lowest BCUT2D eigenvalue weighted by Crippen LogP contribution is -1.84. The number of halogens is 1. The van der Waals surface area contributed by atoms with Gasteiger partial charge in [0.2, 0.25) is 0 Å². The Morgan fingerprint density at radius 1 is 1.50 bits per heavy atom. The average Bonchev–Trinajstić information content (AvgIpc) is 2.05. The molecule has 0 fully saturated rings. The number of hydrogen-bond acceptors (Lipinski definition) is 1. The van der Waals surface area contributed by atoms with Gasteiger partial charge in [-0.15, -0.1) is 0 Å². The van der Waals surface area contributed by atoms with E-state index in [1.807, 2.05) is 6.07 Å². The second-order valence-electron chi connectivity index (χ2n) is 2.59. The number of rotatable bonds is 3. The summed E-state index contributed by atoms with van der Waals surface area (Å²) in [7, 11) is 0. The summed E-state index contributed by atoms with van der Waals surface area (Å²) in [5.74, 6) is -0.213. The van der Waals surface area contributed by atoms with E-state index in [1.54, 1.807) is 12.3 Å². The predicted octanol–water partition coefficient (Wildman–Crippen LogP) is 2.65. The summed E-state index contributed by atoms with van der Waals surface area (Å²) in [4.78, 5) is 4.11. The van der Waals surface area contributed by atoms with E-state index in [-0.39, 0.29) is 5.82 Å². The van der Waals surface area contributed by atoms with Crippen LogP contribution in [0.4, 0.5) is 4.39 Å². The molecule has 0 aliphatic carbocycles. The molecule has 64 valence electrons. The van der Waals surface area contributed by atoms with Crippen LogP contribution >= 0.6 is 0 Å². The summed E-state index contributed by atoms with van der Waals surface area (Å²) in [6, 6.07) is 6.42. The van der Waals surface area contributed by atoms with Crippen LogP contribution in [-0.4, -0.2) is 12.8 Å². The van der Waals surface area contributed by atoms with Crippen molar-refractivity contribution in [3.63, 3.8) is 0 Å². The van der Waals surface area contributed by atoms with E-state index in [1.165, 1.54) is 12.1 Å².